The molecule has 1 aliphatic carbocycles. The Kier molecular flexibility index (Phi) is 4.48. The Labute approximate surface area is 109 Å². The van der Waals surface area contributed by atoms with Crippen molar-refractivity contribution in [3.63, 3.8) is 0 Å². The Morgan fingerprint density at radius 2 is 2.11 bits per heavy atom. The quantitative estimate of drug-likeness (QED) is 0.890. The monoisotopic (exact) mass is 250 g/mol. The highest BCUT2D eigenvalue weighted by Gasteiger charge is 2.31. The fourth-order valence-corrected chi connectivity index (χ4v) is 2.67. The van der Waals surface area contributed by atoms with Crippen LogP contribution >= 0.6 is 0 Å². The molecule has 0 radical (unpaired) electrons. The van der Waals surface area contributed by atoms with Crippen molar-refractivity contribution < 1.29 is 14.6 Å². The van der Waals surface area contributed by atoms with Gasteiger partial charge < -0.3 is 14.6 Å². The molecule has 0 aromatic heterocycles. The van der Waals surface area contributed by atoms with Crippen molar-refractivity contribution in [2.45, 2.75) is 44.8 Å². The summed E-state index contributed by atoms with van der Waals surface area (Å²) in [5.74, 6) is 1.71. The number of benzene rings is 1. The Balaban J connectivity index is 2.00. The molecular formula is C15H22O3. The summed E-state index contributed by atoms with van der Waals surface area (Å²) >= 11 is 0. The van der Waals surface area contributed by atoms with Crippen LogP contribution in [0.15, 0.2) is 24.3 Å². The second-order valence-electron chi connectivity index (χ2n) is 5.02. The molecular weight excluding hydrogens is 228 g/mol. The van der Waals surface area contributed by atoms with Gasteiger partial charge in [-0.05, 0) is 37.3 Å². The van der Waals surface area contributed by atoms with Crippen LogP contribution < -0.4 is 4.74 Å². The van der Waals surface area contributed by atoms with Gasteiger partial charge in [-0.3, -0.25) is 0 Å². The van der Waals surface area contributed by atoms with E-state index in [1.54, 1.807) is 25.3 Å². The SMILES string of the molecule is CCC1CC[C@@H](Oc2cccc(O)c2)[C@H](OC)C1. The van der Waals surface area contributed by atoms with Gasteiger partial charge in [0, 0.05) is 13.2 Å². The van der Waals surface area contributed by atoms with Gasteiger partial charge in [0.15, 0.2) is 0 Å². The molecule has 100 valence electrons. The lowest BCUT2D eigenvalue weighted by atomic mass is 9.83. The van der Waals surface area contributed by atoms with Crippen LogP contribution in [0.2, 0.25) is 0 Å². The molecule has 0 bridgehead atoms. The van der Waals surface area contributed by atoms with E-state index < -0.39 is 0 Å². The Morgan fingerprint density at radius 3 is 2.78 bits per heavy atom. The molecule has 3 heteroatoms. The second kappa shape index (κ2) is 6.10. The summed E-state index contributed by atoms with van der Waals surface area (Å²) in [5, 5.41) is 9.43. The second-order valence-corrected chi connectivity index (χ2v) is 5.02. The molecule has 0 amide bonds. The van der Waals surface area contributed by atoms with Crippen molar-refractivity contribution in [2.24, 2.45) is 5.92 Å². The molecule has 3 nitrogen and oxygen atoms in total. The molecule has 2 rings (SSSR count). The molecule has 1 aromatic carbocycles. The Morgan fingerprint density at radius 1 is 1.28 bits per heavy atom. The lowest BCUT2D eigenvalue weighted by Gasteiger charge is -2.35. The summed E-state index contributed by atoms with van der Waals surface area (Å²) in [4.78, 5) is 0. The lowest BCUT2D eigenvalue weighted by molar-refractivity contribution is -0.0385. The average molecular weight is 250 g/mol. The van der Waals surface area contributed by atoms with Crippen molar-refractivity contribution in [1.82, 2.24) is 0 Å². The maximum atomic E-state index is 9.43. The van der Waals surface area contributed by atoms with Crippen LogP contribution in [0.25, 0.3) is 0 Å². The highest BCUT2D eigenvalue weighted by Crippen LogP contribution is 2.31. The molecule has 0 saturated heterocycles. The van der Waals surface area contributed by atoms with Gasteiger partial charge in [-0.15, -0.1) is 0 Å². The molecule has 1 aliphatic rings. The van der Waals surface area contributed by atoms with E-state index in [4.69, 9.17) is 9.47 Å². The lowest BCUT2D eigenvalue weighted by Crippen LogP contribution is -2.39. The molecule has 1 N–H and O–H groups in total. The van der Waals surface area contributed by atoms with Crippen molar-refractivity contribution >= 4 is 0 Å². The van der Waals surface area contributed by atoms with Crippen molar-refractivity contribution in [3.05, 3.63) is 24.3 Å². The van der Waals surface area contributed by atoms with Gasteiger partial charge in [0.1, 0.15) is 17.6 Å². The van der Waals surface area contributed by atoms with Crippen molar-refractivity contribution in [1.29, 1.82) is 0 Å². The fraction of sp³-hybridized carbons (Fsp3) is 0.600. The third kappa shape index (κ3) is 3.16. The Hall–Kier alpha value is -1.22. The zero-order valence-corrected chi connectivity index (χ0v) is 11.1. The van der Waals surface area contributed by atoms with E-state index in [2.05, 4.69) is 6.92 Å². The summed E-state index contributed by atoms with van der Waals surface area (Å²) in [5.41, 5.74) is 0. The molecule has 3 atom stereocenters. The number of phenolic OH excluding ortho intramolecular Hbond substituents is 1. The molecule has 18 heavy (non-hydrogen) atoms. The van der Waals surface area contributed by atoms with Crippen molar-refractivity contribution in [2.75, 3.05) is 7.11 Å². The minimum Gasteiger partial charge on any atom is -0.508 e. The first kappa shape index (κ1) is 13.2. The largest absolute Gasteiger partial charge is 0.508 e. The van der Waals surface area contributed by atoms with Crippen LogP contribution in [0.4, 0.5) is 0 Å². The molecule has 1 aromatic rings. The standard InChI is InChI=1S/C15H22O3/c1-3-11-7-8-14(15(9-11)17-2)18-13-6-4-5-12(16)10-13/h4-6,10-11,14-16H,3,7-9H2,1-2H3/t11?,14-,15-/m1/s1. The minimum atomic E-state index is 0.0969. The predicted molar refractivity (Wildman–Crippen MR) is 71.0 cm³/mol. The third-order valence-corrected chi connectivity index (χ3v) is 3.82. The van der Waals surface area contributed by atoms with Crippen LogP contribution in [0.3, 0.4) is 0 Å². The van der Waals surface area contributed by atoms with Crippen LogP contribution in [-0.4, -0.2) is 24.4 Å². The highest BCUT2D eigenvalue weighted by molar-refractivity contribution is 5.31. The van der Waals surface area contributed by atoms with Gasteiger partial charge in [0.25, 0.3) is 0 Å². The van der Waals surface area contributed by atoms with E-state index in [1.165, 1.54) is 12.8 Å². The van der Waals surface area contributed by atoms with E-state index in [0.717, 1.165) is 24.5 Å². The number of ether oxygens (including phenoxy) is 2. The summed E-state index contributed by atoms with van der Waals surface area (Å²) in [6, 6.07) is 6.97. The van der Waals surface area contributed by atoms with Crippen molar-refractivity contribution in [3.8, 4) is 11.5 Å². The number of aromatic hydroxyl groups is 1. The summed E-state index contributed by atoms with van der Waals surface area (Å²) in [6.45, 7) is 2.23. The van der Waals surface area contributed by atoms with Gasteiger partial charge in [-0.25, -0.2) is 0 Å². The Bertz CT molecular complexity index is 378. The maximum absolute atomic E-state index is 9.43. The predicted octanol–water partition coefficient (Wildman–Crippen LogP) is 3.36. The molecule has 1 unspecified atom stereocenters. The van der Waals surface area contributed by atoms with E-state index in [-0.39, 0.29) is 18.0 Å². The van der Waals surface area contributed by atoms with Gasteiger partial charge in [-0.1, -0.05) is 19.4 Å². The average Bonchev–Trinajstić information content (AvgIpc) is 2.39. The summed E-state index contributed by atoms with van der Waals surface area (Å²) in [6.07, 6.45) is 4.74. The van der Waals surface area contributed by atoms with Crippen LogP contribution in [0.1, 0.15) is 32.6 Å². The molecule has 0 heterocycles. The number of rotatable bonds is 4. The first-order valence-electron chi connectivity index (χ1n) is 6.71. The van der Waals surface area contributed by atoms with Crippen LogP contribution in [-0.2, 0) is 4.74 Å². The molecule has 1 fully saturated rings. The van der Waals surface area contributed by atoms with E-state index in [0.29, 0.717) is 0 Å². The smallest absolute Gasteiger partial charge is 0.125 e. The number of phenols is 1. The molecule has 0 aliphatic heterocycles. The van der Waals surface area contributed by atoms with Gasteiger partial charge >= 0.3 is 0 Å². The first-order chi connectivity index (χ1) is 8.72. The van der Waals surface area contributed by atoms with Gasteiger partial charge in [-0.2, -0.15) is 0 Å². The topological polar surface area (TPSA) is 38.7 Å². The van der Waals surface area contributed by atoms with E-state index >= 15 is 0 Å². The number of hydrogen-bond acceptors (Lipinski definition) is 3. The maximum Gasteiger partial charge on any atom is 0.125 e. The summed E-state index contributed by atoms with van der Waals surface area (Å²) in [7, 11) is 1.75. The number of hydrogen-bond donors (Lipinski definition) is 1. The van der Waals surface area contributed by atoms with Crippen LogP contribution in [0.5, 0.6) is 11.5 Å². The third-order valence-electron chi connectivity index (χ3n) is 3.82. The van der Waals surface area contributed by atoms with Gasteiger partial charge in [0.05, 0.1) is 6.10 Å². The zero-order valence-electron chi connectivity index (χ0n) is 11.1. The number of methoxy groups -OCH3 is 1. The molecule has 0 spiro atoms. The van der Waals surface area contributed by atoms with Gasteiger partial charge in [0.2, 0.25) is 0 Å². The minimum absolute atomic E-state index is 0.0969. The zero-order chi connectivity index (χ0) is 13.0. The van der Waals surface area contributed by atoms with E-state index in [1.807, 2.05) is 6.07 Å². The first-order valence-corrected chi connectivity index (χ1v) is 6.71. The van der Waals surface area contributed by atoms with Crippen LogP contribution in [0, 0.1) is 5.92 Å². The summed E-state index contributed by atoms with van der Waals surface area (Å²) < 4.78 is 11.5. The van der Waals surface area contributed by atoms with E-state index in [9.17, 15) is 5.11 Å². The molecule has 1 saturated carbocycles. The fourth-order valence-electron chi connectivity index (χ4n) is 2.67. The highest BCUT2D eigenvalue weighted by atomic mass is 16.5. The normalized spacial score (nSPS) is 28.0.